The molecular weight excluding hydrogens is 346 g/mol. The Balaban J connectivity index is 1.58. The molecule has 3 aromatic rings. The van der Waals surface area contributed by atoms with Crippen LogP contribution in [0.2, 0.25) is 0 Å². The van der Waals surface area contributed by atoms with Gasteiger partial charge in [0.2, 0.25) is 12.6 Å². The predicted octanol–water partition coefficient (Wildman–Crippen LogP) is 3.97. The first-order valence-corrected chi connectivity index (χ1v) is 8.90. The van der Waals surface area contributed by atoms with Gasteiger partial charge in [0.05, 0.1) is 6.61 Å². The van der Waals surface area contributed by atoms with Gasteiger partial charge in [-0.25, -0.2) is 4.79 Å². The van der Waals surface area contributed by atoms with Crippen LogP contribution >= 0.6 is 0 Å². The summed E-state index contributed by atoms with van der Waals surface area (Å²) < 4.78 is 21.8. The van der Waals surface area contributed by atoms with E-state index in [1.165, 1.54) is 0 Å². The average Bonchev–Trinajstić information content (AvgIpc) is 3.26. The van der Waals surface area contributed by atoms with E-state index < -0.39 is 5.97 Å². The molecule has 6 heteroatoms. The third-order valence-electron chi connectivity index (χ3n) is 4.48. The van der Waals surface area contributed by atoms with Crippen molar-refractivity contribution in [1.82, 2.24) is 4.90 Å². The second-order valence-corrected chi connectivity index (χ2v) is 6.49. The Labute approximate surface area is 157 Å². The van der Waals surface area contributed by atoms with Crippen LogP contribution in [-0.4, -0.2) is 31.3 Å². The van der Waals surface area contributed by atoms with Crippen LogP contribution in [0.25, 0.3) is 11.0 Å². The number of para-hydroxylation sites is 1. The molecule has 2 aromatic carbocycles. The molecule has 0 amide bonds. The second kappa shape index (κ2) is 7.32. The smallest absolute Gasteiger partial charge is 0.374 e. The first-order chi connectivity index (χ1) is 13.2. The van der Waals surface area contributed by atoms with Gasteiger partial charge in [-0.15, -0.1) is 0 Å². The lowest BCUT2D eigenvalue weighted by Crippen LogP contribution is -2.19. The molecule has 0 unspecified atom stereocenters. The number of ether oxygens (including phenoxy) is 3. The molecule has 0 N–H and O–H groups in total. The Hall–Kier alpha value is -2.99. The van der Waals surface area contributed by atoms with E-state index in [0.29, 0.717) is 25.3 Å². The van der Waals surface area contributed by atoms with Gasteiger partial charge in [0.1, 0.15) is 5.58 Å². The van der Waals surface area contributed by atoms with Crippen LogP contribution in [0.3, 0.4) is 0 Å². The topological polar surface area (TPSA) is 61.1 Å². The van der Waals surface area contributed by atoms with Crippen LogP contribution in [-0.2, 0) is 17.8 Å². The lowest BCUT2D eigenvalue weighted by atomic mass is 10.1. The van der Waals surface area contributed by atoms with Crippen LogP contribution in [0, 0.1) is 0 Å². The summed E-state index contributed by atoms with van der Waals surface area (Å²) in [5, 5.41) is 0.929. The number of fused-ring (bicyclic) bond motifs is 2. The van der Waals surface area contributed by atoms with Crippen molar-refractivity contribution in [2.75, 3.05) is 20.4 Å². The van der Waals surface area contributed by atoms with Crippen molar-refractivity contribution < 1.29 is 23.4 Å². The minimum absolute atomic E-state index is 0.262. The van der Waals surface area contributed by atoms with Crippen molar-refractivity contribution >= 4 is 16.9 Å². The number of benzene rings is 2. The summed E-state index contributed by atoms with van der Waals surface area (Å²) >= 11 is 0. The Bertz CT molecular complexity index is 978. The number of carbonyl (C=O) groups excluding carboxylic acids is 1. The third-order valence-corrected chi connectivity index (χ3v) is 4.48. The summed E-state index contributed by atoms with van der Waals surface area (Å²) in [6.07, 6.45) is 0. The van der Waals surface area contributed by atoms with E-state index in [9.17, 15) is 4.79 Å². The van der Waals surface area contributed by atoms with E-state index in [1.807, 2.05) is 49.5 Å². The van der Waals surface area contributed by atoms with E-state index in [-0.39, 0.29) is 12.6 Å². The maximum Gasteiger partial charge on any atom is 0.374 e. The molecule has 0 saturated carbocycles. The monoisotopic (exact) mass is 367 g/mol. The number of furan rings is 1. The minimum Gasteiger partial charge on any atom is -0.460 e. The molecular formula is C21H21NO5. The molecule has 6 nitrogen and oxygen atoms in total. The van der Waals surface area contributed by atoms with E-state index in [4.69, 9.17) is 18.6 Å². The predicted molar refractivity (Wildman–Crippen MR) is 99.9 cm³/mol. The molecule has 2 heterocycles. The van der Waals surface area contributed by atoms with E-state index in [1.54, 1.807) is 6.92 Å². The molecule has 1 aliphatic rings. The summed E-state index contributed by atoms with van der Waals surface area (Å²) in [6, 6.07) is 13.6. The Morgan fingerprint density at radius 3 is 2.78 bits per heavy atom. The van der Waals surface area contributed by atoms with Gasteiger partial charge < -0.3 is 18.6 Å². The summed E-state index contributed by atoms with van der Waals surface area (Å²) in [5.74, 6) is 1.38. The number of esters is 1. The molecule has 0 spiro atoms. The SMILES string of the molecule is CCOC(=O)c1oc2ccccc2c1CN(C)Cc1ccc2c(c1)OCO2. The zero-order chi connectivity index (χ0) is 18.8. The van der Waals surface area contributed by atoms with Crippen molar-refractivity contribution in [3.63, 3.8) is 0 Å². The van der Waals surface area contributed by atoms with Gasteiger partial charge in [0.25, 0.3) is 0 Å². The number of rotatable bonds is 6. The van der Waals surface area contributed by atoms with Gasteiger partial charge in [-0.2, -0.15) is 0 Å². The van der Waals surface area contributed by atoms with Crippen LogP contribution in [0.5, 0.6) is 11.5 Å². The van der Waals surface area contributed by atoms with E-state index in [0.717, 1.165) is 28.0 Å². The van der Waals surface area contributed by atoms with Gasteiger partial charge in [-0.3, -0.25) is 4.90 Å². The van der Waals surface area contributed by atoms with Crippen LogP contribution in [0.1, 0.15) is 28.6 Å². The van der Waals surface area contributed by atoms with Gasteiger partial charge in [-0.1, -0.05) is 24.3 Å². The lowest BCUT2D eigenvalue weighted by Gasteiger charge is -2.17. The number of hydrogen-bond acceptors (Lipinski definition) is 6. The summed E-state index contributed by atoms with van der Waals surface area (Å²) in [7, 11) is 2.00. The van der Waals surface area contributed by atoms with Crippen molar-refractivity contribution in [3.8, 4) is 11.5 Å². The third kappa shape index (κ3) is 3.48. The fourth-order valence-corrected chi connectivity index (χ4v) is 3.29. The first kappa shape index (κ1) is 17.4. The molecule has 0 atom stereocenters. The highest BCUT2D eigenvalue weighted by molar-refractivity contribution is 5.96. The fraction of sp³-hybridized carbons (Fsp3) is 0.286. The van der Waals surface area contributed by atoms with E-state index >= 15 is 0 Å². The van der Waals surface area contributed by atoms with Crippen molar-refractivity contribution in [3.05, 3.63) is 59.4 Å². The van der Waals surface area contributed by atoms with Gasteiger partial charge in [0.15, 0.2) is 11.5 Å². The van der Waals surface area contributed by atoms with Gasteiger partial charge in [-0.05, 0) is 37.7 Å². The largest absolute Gasteiger partial charge is 0.460 e. The Morgan fingerprint density at radius 2 is 1.93 bits per heavy atom. The van der Waals surface area contributed by atoms with Crippen molar-refractivity contribution in [2.45, 2.75) is 20.0 Å². The van der Waals surface area contributed by atoms with Crippen LogP contribution in [0.15, 0.2) is 46.9 Å². The molecule has 0 radical (unpaired) electrons. The number of hydrogen-bond donors (Lipinski definition) is 0. The normalized spacial score (nSPS) is 12.7. The van der Waals surface area contributed by atoms with Crippen LogP contribution in [0.4, 0.5) is 0 Å². The first-order valence-electron chi connectivity index (χ1n) is 8.90. The second-order valence-electron chi connectivity index (χ2n) is 6.49. The minimum atomic E-state index is -0.430. The number of carbonyl (C=O) groups is 1. The lowest BCUT2D eigenvalue weighted by molar-refractivity contribution is 0.0489. The van der Waals surface area contributed by atoms with Gasteiger partial charge >= 0.3 is 5.97 Å². The zero-order valence-electron chi connectivity index (χ0n) is 15.4. The molecule has 140 valence electrons. The number of nitrogens with zero attached hydrogens (tertiary/aromatic N) is 1. The molecule has 27 heavy (non-hydrogen) atoms. The fourth-order valence-electron chi connectivity index (χ4n) is 3.29. The standard InChI is InChI=1S/C21H21NO5/c1-3-24-21(23)20-16(15-6-4-5-7-17(15)27-20)12-22(2)11-14-8-9-18-19(10-14)26-13-25-18/h4-10H,3,11-13H2,1-2H3. The highest BCUT2D eigenvalue weighted by atomic mass is 16.7. The van der Waals surface area contributed by atoms with Crippen molar-refractivity contribution in [2.24, 2.45) is 0 Å². The highest BCUT2D eigenvalue weighted by Crippen LogP contribution is 2.33. The maximum absolute atomic E-state index is 12.3. The molecule has 0 aliphatic carbocycles. The molecule has 4 rings (SSSR count). The zero-order valence-corrected chi connectivity index (χ0v) is 15.4. The molecule has 1 aliphatic heterocycles. The summed E-state index contributed by atoms with van der Waals surface area (Å²) in [6.45, 7) is 3.60. The molecule has 1 aromatic heterocycles. The Kier molecular flexibility index (Phi) is 4.73. The van der Waals surface area contributed by atoms with E-state index in [2.05, 4.69) is 4.90 Å². The quantitative estimate of drug-likeness (QED) is 0.615. The van der Waals surface area contributed by atoms with Crippen LogP contribution < -0.4 is 9.47 Å². The summed E-state index contributed by atoms with van der Waals surface area (Å²) in [4.78, 5) is 14.5. The Morgan fingerprint density at radius 1 is 1.11 bits per heavy atom. The maximum atomic E-state index is 12.3. The molecule has 0 saturated heterocycles. The highest BCUT2D eigenvalue weighted by Gasteiger charge is 2.22. The van der Waals surface area contributed by atoms with Gasteiger partial charge in [0, 0.05) is 24.0 Å². The van der Waals surface area contributed by atoms with Crippen molar-refractivity contribution in [1.29, 1.82) is 0 Å². The molecule has 0 bridgehead atoms. The average molecular weight is 367 g/mol. The molecule has 0 fully saturated rings. The summed E-state index contributed by atoms with van der Waals surface area (Å²) in [5.41, 5.74) is 2.63.